The van der Waals surface area contributed by atoms with Crippen LogP contribution < -0.4 is 14.8 Å². The summed E-state index contributed by atoms with van der Waals surface area (Å²) >= 11 is 0. The van der Waals surface area contributed by atoms with Gasteiger partial charge in [-0.3, -0.25) is 9.59 Å². The summed E-state index contributed by atoms with van der Waals surface area (Å²) in [6.07, 6.45) is -1.16. The second-order valence-corrected chi connectivity index (χ2v) is 5.86. The molecule has 0 aliphatic rings. The SMILES string of the molecule is Cc1ccccc1OCCC(=O)O[C@H](C)C(=O)Nc1ccccc1OC(F)F. The number of hydrogen-bond acceptors (Lipinski definition) is 5. The van der Waals surface area contributed by atoms with E-state index in [0.29, 0.717) is 5.75 Å². The summed E-state index contributed by atoms with van der Waals surface area (Å²) in [6.45, 7) is 0.339. The van der Waals surface area contributed by atoms with Crippen LogP contribution in [0.3, 0.4) is 0 Å². The maximum Gasteiger partial charge on any atom is 0.387 e. The first-order valence-corrected chi connectivity index (χ1v) is 8.59. The van der Waals surface area contributed by atoms with Gasteiger partial charge in [-0.15, -0.1) is 0 Å². The van der Waals surface area contributed by atoms with E-state index in [-0.39, 0.29) is 24.5 Å². The number of alkyl halides is 2. The summed E-state index contributed by atoms with van der Waals surface area (Å²) in [5.74, 6) is -0.806. The van der Waals surface area contributed by atoms with E-state index >= 15 is 0 Å². The van der Waals surface area contributed by atoms with Gasteiger partial charge in [0.05, 0.1) is 18.7 Å². The van der Waals surface area contributed by atoms with E-state index < -0.39 is 24.6 Å². The van der Waals surface area contributed by atoms with E-state index in [1.54, 1.807) is 12.1 Å². The van der Waals surface area contributed by atoms with Gasteiger partial charge in [-0.05, 0) is 37.6 Å². The van der Waals surface area contributed by atoms with Crippen LogP contribution in [0.5, 0.6) is 11.5 Å². The Hall–Kier alpha value is -3.16. The summed E-state index contributed by atoms with van der Waals surface area (Å²) in [4.78, 5) is 24.1. The molecule has 1 amide bonds. The second-order valence-electron chi connectivity index (χ2n) is 5.86. The Balaban J connectivity index is 1.82. The van der Waals surface area contributed by atoms with E-state index in [4.69, 9.17) is 9.47 Å². The predicted octanol–water partition coefficient (Wildman–Crippen LogP) is 3.94. The van der Waals surface area contributed by atoms with Crippen molar-refractivity contribution in [3.8, 4) is 11.5 Å². The van der Waals surface area contributed by atoms with Crippen LogP contribution in [0, 0.1) is 6.92 Å². The zero-order valence-electron chi connectivity index (χ0n) is 15.5. The lowest BCUT2D eigenvalue weighted by molar-refractivity contribution is -0.153. The monoisotopic (exact) mass is 393 g/mol. The van der Waals surface area contributed by atoms with Crippen LogP contribution >= 0.6 is 0 Å². The molecule has 0 spiro atoms. The van der Waals surface area contributed by atoms with Crippen molar-refractivity contribution in [2.75, 3.05) is 11.9 Å². The van der Waals surface area contributed by atoms with E-state index in [2.05, 4.69) is 10.1 Å². The number of aryl methyl sites for hydroxylation is 1. The number of anilines is 1. The Morgan fingerprint density at radius 1 is 1.04 bits per heavy atom. The van der Waals surface area contributed by atoms with E-state index in [1.165, 1.54) is 25.1 Å². The average molecular weight is 393 g/mol. The Bertz CT molecular complexity index is 813. The van der Waals surface area contributed by atoms with Gasteiger partial charge in [-0.2, -0.15) is 8.78 Å². The molecular formula is C20H21F2NO5. The van der Waals surface area contributed by atoms with Crippen molar-refractivity contribution in [1.82, 2.24) is 0 Å². The van der Waals surface area contributed by atoms with Crippen LogP contribution in [-0.2, 0) is 14.3 Å². The van der Waals surface area contributed by atoms with Gasteiger partial charge in [0.15, 0.2) is 6.10 Å². The molecule has 0 saturated heterocycles. The standard InChI is InChI=1S/C20H21F2NO5/c1-13-7-3-5-9-16(13)26-12-11-18(24)27-14(2)19(25)23-15-8-4-6-10-17(15)28-20(21)22/h3-10,14,20H,11-12H2,1-2H3,(H,23,25)/t14-/m1/s1. The van der Waals surface area contributed by atoms with Gasteiger partial charge >= 0.3 is 12.6 Å². The molecule has 0 heterocycles. The Morgan fingerprint density at radius 2 is 1.68 bits per heavy atom. The highest BCUT2D eigenvalue weighted by Crippen LogP contribution is 2.25. The molecule has 0 fully saturated rings. The normalized spacial score (nSPS) is 11.6. The van der Waals surface area contributed by atoms with Gasteiger partial charge in [-0.25, -0.2) is 0 Å². The Morgan fingerprint density at radius 3 is 2.36 bits per heavy atom. The summed E-state index contributed by atoms with van der Waals surface area (Å²) < 4.78 is 39.7. The third-order valence-corrected chi connectivity index (χ3v) is 3.70. The number of hydrogen-bond donors (Lipinski definition) is 1. The molecule has 2 aromatic rings. The van der Waals surface area contributed by atoms with Crippen LogP contribution in [0.1, 0.15) is 18.9 Å². The lowest BCUT2D eigenvalue weighted by Crippen LogP contribution is -2.30. The van der Waals surface area contributed by atoms with Crippen LogP contribution in [0.15, 0.2) is 48.5 Å². The number of nitrogens with one attached hydrogen (secondary N) is 1. The highest BCUT2D eigenvalue weighted by atomic mass is 19.3. The number of para-hydroxylation sites is 3. The molecule has 150 valence electrons. The summed E-state index contributed by atoms with van der Waals surface area (Å²) in [5, 5.41) is 2.40. The molecule has 0 saturated carbocycles. The number of benzene rings is 2. The van der Waals surface area contributed by atoms with Gasteiger partial charge in [-0.1, -0.05) is 30.3 Å². The largest absolute Gasteiger partial charge is 0.493 e. The quantitative estimate of drug-likeness (QED) is 0.654. The number of carbonyl (C=O) groups is 2. The molecule has 6 nitrogen and oxygen atoms in total. The van der Waals surface area contributed by atoms with Crippen molar-refractivity contribution in [2.24, 2.45) is 0 Å². The van der Waals surface area contributed by atoms with Crippen LogP contribution in [0.25, 0.3) is 0 Å². The molecule has 2 rings (SSSR count). The smallest absolute Gasteiger partial charge is 0.387 e. The summed E-state index contributed by atoms with van der Waals surface area (Å²) in [6, 6.07) is 13.1. The van der Waals surface area contributed by atoms with Crippen molar-refractivity contribution < 1.29 is 32.6 Å². The highest BCUT2D eigenvalue weighted by molar-refractivity contribution is 5.96. The van der Waals surface area contributed by atoms with Crippen molar-refractivity contribution in [2.45, 2.75) is 33.0 Å². The Labute approximate surface area is 161 Å². The van der Waals surface area contributed by atoms with Gasteiger partial charge in [0.1, 0.15) is 11.5 Å². The highest BCUT2D eigenvalue weighted by Gasteiger charge is 2.20. The first kappa shape index (κ1) is 21.1. The van der Waals surface area contributed by atoms with Crippen molar-refractivity contribution in [1.29, 1.82) is 0 Å². The van der Waals surface area contributed by atoms with E-state index in [9.17, 15) is 18.4 Å². The fraction of sp³-hybridized carbons (Fsp3) is 0.300. The van der Waals surface area contributed by atoms with Crippen molar-refractivity contribution in [3.63, 3.8) is 0 Å². The topological polar surface area (TPSA) is 73.9 Å². The maximum absolute atomic E-state index is 12.4. The third-order valence-electron chi connectivity index (χ3n) is 3.70. The van der Waals surface area contributed by atoms with Crippen molar-refractivity contribution in [3.05, 3.63) is 54.1 Å². The molecule has 28 heavy (non-hydrogen) atoms. The van der Waals surface area contributed by atoms with Crippen LogP contribution in [-0.4, -0.2) is 31.2 Å². The molecule has 0 aromatic heterocycles. The molecule has 0 radical (unpaired) electrons. The first-order valence-electron chi connectivity index (χ1n) is 8.59. The lowest BCUT2D eigenvalue weighted by Gasteiger charge is -2.16. The van der Waals surface area contributed by atoms with Crippen LogP contribution in [0.4, 0.5) is 14.5 Å². The van der Waals surface area contributed by atoms with Crippen LogP contribution in [0.2, 0.25) is 0 Å². The number of ether oxygens (including phenoxy) is 3. The average Bonchev–Trinajstić information content (AvgIpc) is 2.64. The second kappa shape index (κ2) is 10.2. The summed E-state index contributed by atoms with van der Waals surface area (Å²) in [7, 11) is 0. The molecule has 1 atom stereocenters. The molecule has 0 aliphatic heterocycles. The molecular weight excluding hydrogens is 372 g/mol. The van der Waals surface area contributed by atoms with Gasteiger partial charge in [0.2, 0.25) is 0 Å². The third kappa shape index (κ3) is 6.53. The maximum atomic E-state index is 12.4. The Kier molecular flexibility index (Phi) is 7.74. The number of rotatable bonds is 9. The summed E-state index contributed by atoms with van der Waals surface area (Å²) in [5.41, 5.74) is 0.992. The predicted molar refractivity (Wildman–Crippen MR) is 98.5 cm³/mol. The minimum atomic E-state index is -3.03. The molecule has 8 heteroatoms. The minimum Gasteiger partial charge on any atom is -0.493 e. The van der Waals surface area contributed by atoms with Gasteiger partial charge < -0.3 is 19.5 Å². The fourth-order valence-corrected chi connectivity index (χ4v) is 2.28. The van der Waals surface area contributed by atoms with E-state index in [0.717, 1.165) is 5.56 Å². The fourth-order valence-electron chi connectivity index (χ4n) is 2.28. The van der Waals surface area contributed by atoms with Crippen molar-refractivity contribution >= 4 is 17.6 Å². The molecule has 0 bridgehead atoms. The minimum absolute atomic E-state index is 0.0446. The molecule has 0 aliphatic carbocycles. The zero-order valence-corrected chi connectivity index (χ0v) is 15.5. The molecule has 1 N–H and O–H groups in total. The van der Waals surface area contributed by atoms with E-state index in [1.807, 2.05) is 25.1 Å². The molecule has 2 aromatic carbocycles. The zero-order chi connectivity index (χ0) is 20.5. The number of esters is 1. The van der Waals surface area contributed by atoms with Gasteiger partial charge in [0, 0.05) is 0 Å². The number of amides is 1. The number of halogens is 2. The van der Waals surface area contributed by atoms with Gasteiger partial charge in [0.25, 0.3) is 5.91 Å². The first-order chi connectivity index (χ1) is 13.4. The molecule has 0 unspecified atom stereocenters. The number of carbonyl (C=O) groups excluding carboxylic acids is 2. The lowest BCUT2D eigenvalue weighted by atomic mass is 10.2.